The van der Waals surface area contributed by atoms with Gasteiger partial charge in [0.15, 0.2) is 5.82 Å². The van der Waals surface area contributed by atoms with Crippen LogP contribution < -0.4 is 5.32 Å². The molecule has 0 unspecified atom stereocenters. The SMILES string of the molecule is Cc1nc(CCNC(=O)C2CCC(C(=O)O)CC2)no1. The molecule has 0 spiro atoms. The van der Waals surface area contributed by atoms with E-state index in [1.165, 1.54) is 0 Å². The van der Waals surface area contributed by atoms with Crippen molar-refractivity contribution in [2.75, 3.05) is 6.54 Å². The number of carboxylic acid groups (broad SMARTS) is 1. The average molecular weight is 281 g/mol. The monoisotopic (exact) mass is 281 g/mol. The molecule has 2 N–H and O–H groups in total. The van der Waals surface area contributed by atoms with Gasteiger partial charge in [0.25, 0.3) is 0 Å². The van der Waals surface area contributed by atoms with Crippen molar-refractivity contribution in [1.82, 2.24) is 15.5 Å². The number of nitrogens with one attached hydrogen (secondary N) is 1. The Labute approximate surface area is 116 Å². The van der Waals surface area contributed by atoms with Gasteiger partial charge < -0.3 is 14.9 Å². The van der Waals surface area contributed by atoms with Crippen LogP contribution in [0.25, 0.3) is 0 Å². The molecule has 0 saturated heterocycles. The minimum absolute atomic E-state index is 0.00550. The molecular formula is C13H19N3O4. The summed E-state index contributed by atoms with van der Waals surface area (Å²) in [6.45, 7) is 2.19. The largest absolute Gasteiger partial charge is 0.481 e. The number of carbonyl (C=O) groups is 2. The molecule has 1 aromatic rings. The van der Waals surface area contributed by atoms with Crippen LogP contribution in [0.1, 0.15) is 37.4 Å². The second kappa shape index (κ2) is 6.49. The standard InChI is InChI=1S/C13H19N3O4/c1-8-15-11(16-20-8)6-7-14-12(17)9-2-4-10(5-3-9)13(18)19/h9-10H,2-7H2,1H3,(H,14,17)(H,18,19). The smallest absolute Gasteiger partial charge is 0.306 e. The van der Waals surface area contributed by atoms with Gasteiger partial charge in [-0.1, -0.05) is 5.16 Å². The minimum atomic E-state index is -0.753. The number of hydrogen-bond acceptors (Lipinski definition) is 5. The molecule has 110 valence electrons. The second-order valence-corrected chi connectivity index (χ2v) is 5.16. The van der Waals surface area contributed by atoms with Gasteiger partial charge in [0.1, 0.15) is 0 Å². The maximum absolute atomic E-state index is 11.9. The summed E-state index contributed by atoms with van der Waals surface area (Å²) in [7, 11) is 0. The molecule has 1 aliphatic carbocycles. The molecule has 1 aliphatic rings. The van der Waals surface area contributed by atoms with Gasteiger partial charge in [-0.2, -0.15) is 4.98 Å². The summed E-state index contributed by atoms with van der Waals surface area (Å²) in [5.41, 5.74) is 0. The zero-order valence-corrected chi connectivity index (χ0v) is 11.5. The Balaban J connectivity index is 1.69. The quantitative estimate of drug-likeness (QED) is 0.831. The van der Waals surface area contributed by atoms with Crippen LogP contribution in [0, 0.1) is 18.8 Å². The van der Waals surface area contributed by atoms with E-state index in [1.54, 1.807) is 6.92 Å². The average Bonchev–Trinajstić information content (AvgIpc) is 2.84. The van der Waals surface area contributed by atoms with Crippen LogP contribution in [0.3, 0.4) is 0 Å². The van der Waals surface area contributed by atoms with Crippen LogP contribution in [0.4, 0.5) is 0 Å². The first kappa shape index (κ1) is 14.5. The lowest BCUT2D eigenvalue weighted by Gasteiger charge is -2.25. The van der Waals surface area contributed by atoms with Crippen molar-refractivity contribution >= 4 is 11.9 Å². The van der Waals surface area contributed by atoms with E-state index < -0.39 is 5.97 Å². The summed E-state index contributed by atoms with van der Waals surface area (Å²) >= 11 is 0. The number of aliphatic carboxylic acids is 1. The van der Waals surface area contributed by atoms with E-state index in [1.807, 2.05) is 0 Å². The van der Waals surface area contributed by atoms with E-state index in [9.17, 15) is 9.59 Å². The van der Waals surface area contributed by atoms with E-state index in [2.05, 4.69) is 15.5 Å². The summed E-state index contributed by atoms with van der Waals surface area (Å²) in [6.07, 6.45) is 2.98. The van der Waals surface area contributed by atoms with Crippen LogP contribution >= 0.6 is 0 Å². The fourth-order valence-corrected chi connectivity index (χ4v) is 2.49. The Morgan fingerprint density at radius 1 is 1.30 bits per heavy atom. The Kier molecular flexibility index (Phi) is 4.70. The number of hydrogen-bond donors (Lipinski definition) is 2. The molecule has 1 saturated carbocycles. The van der Waals surface area contributed by atoms with Crippen LogP contribution in [-0.2, 0) is 16.0 Å². The Morgan fingerprint density at radius 2 is 1.95 bits per heavy atom. The summed E-state index contributed by atoms with van der Waals surface area (Å²) in [5, 5.41) is 15.5. The number of carbonyl (C=O) groups excluding carboxylic acids is 1. The maximum atomic E-state index is 11.9. The third kappa shape index (κ3) is 3.79. The van der Waals surface area contributed by atoms with Crippen LogP contribution in [0.15, 0.2) is 4.52 Å². The van der Waals surface area contributed by atoms with Gasteiger partial charge in [0.05, 0.1) is 5.92 Å². The first-order chi connectivity index (χ1) is 9.56. The highest BCUT2D eigenvalue weighted by Gasteiger charge is 2.29. The van der Waals surface area contributed by atoms with Gasteiger partial charge in [-0.25, -0.2) is 0 Å². The third-order valence-electron chi connectivity index (χ3n) is 3.66. The molecule has 1 aromatic heterocycles. The molecule has 0 atom stereocenters. The molecule has 0 bridgehead atoms. The number of aryl methyl sites for hydroxylation is 1. The van der Waals surface area contributed by atoms with Crippen molar-refractivity contribution in [2.24, 2.45) is 11.8 Å². The summed E-state index contributed by atoms with van der Waals surface area (Å²) < 4.78 is 4.84. The predicted octanol–water partition coefficient (Wildman–Crippen LogP) is 0.928. The zero-order valence-electron chi connectivity index (χ0n) is 11.5. The van der Waals surface area contributed by atoms with Gasteiger partial charge in [-0.05, 0) is 25.7 Å². The fourth-order valence-electron chi connectivity index (χ4n) is 2.49. The van der Waals surface area contributed by atoms with Crippen LogP contribution in [0.5, 0.6) is 0 Å². The van der Waals surface area contributed by atoms with Gasteiger partial charge in [-0.3, -0.25) is 9.59 Å². The number of aromatic nitrogens is 2. The lowest BCUT2D eigenvalue weighted by atomic mass is 9.81. The summed E-state index contributed by atoms with van der Waals surface area (Å²) in [4.78, 5) is 26.8. The van der Waals surface area contributed by atoms with E-state index in [-0.39, 0.29) is 17.7 Å². The molecule has 2 rings (SSSR count). The molecule has 7 nitrogen and oxygen atoms in total. The van der Waals surface area contributed by atoms with Crippen molar-refractivity contribution in [2.45, 2.75) is 39.0 Å². The molecule has 20 heavy (non-hydrogen) atoms. The highest BCUT2D eigenvalue weighted by molar-refractivity contribution is 5.79. The van der Waals surface area contributed by atoms with Gasteiger partial charge >= 0.3 is 5.97 Å². The summed E-state index contributed by atoms with van der Waals surface area (Å²) in [6, 6.07) is 0. The zero-order chi connectivity index (χ0) is 14.5. The molecule has 7 heteroatoms. The summed E-state index contributed by atoms with van der Waals surface area (Å²) in [5.74, 6) is -0.0277. The fraction of sp³-hybridized carbons (Fsp3) is 0.692. The molecule has 0 aliphatic heterocycles. The first-order valence-corrected chi connectivity index (χ1v) is 6.86. The number of amides is 1. The second-order valence-electron chi connectivity index (χ2n) is 5.16. The normalized spacial score (nSPS) is 22.4. The van der Waals surface area contributed by atoms with Crippen molar-refractivity contribution in [3.05, 3.63) is 11.7 Å². The number of nitrogens with zero attached hydrogens (tertiary/aromatic N) is 2. The third-order valence-corrected chi connectivity index (χ3v) is 3.66. The molecule has 1 amide bonds. The van der Waals surface area contributed by atoms with Gasteiger partial charge in [-0.15, -0.1) is 0 Å². The molecular weight excluding hydrogens is 262 g/mol. The predicted molar refractivity (Wildman–Crippen MR) is 68.8 cm³/mol. The molecule has 0 aromatic carbocycles. The highest BCUT2D eigenvalue weighted by atomic mass is 16.5. The van der Waals surface area contributed by atoms with Crippen molar-refractivity contribution in [3.63, 3.8) is 0 Å². The first-order valence-electron chi connectivity index (χ1n) is 6.86. The van der Waals surface area contributed by atoms with E-state index >= 15 is 0 Å². The van der Waals surface area contributed by atoms with Crippen LogP contribution in [0.2, 0.25) is 0 Å². The maximum Gasteiger partial charge on any atom is 0.306 e. The number of rotatable bonds is 5. The van der Waals surface area contributed by atoms with Gasteiger partial charge in [0.2, 0.25) is 11.8 Å². The Bertz CT molecular complexity index is 478. The highest BCUT2D eigenvalue weighted by Crippen LogP contribution is 2.28. The van der Waals surface area contributed by atoms with E-state index in [4.69, 9.17) is 9.63 Å². The minimum Gasteiger partial charge on any atom is -0.481 e. The van der Waals surface area contributed by atoms with Crippen LogP contribution in [-0.4, -0.2) is 33.7 Å². The molecule has 1 fully saturated rings. The van der Waals surface area contributed by atoms with Crippen molar-refractivity contribution in [1.29, 1.82) is 0 Å². The number of carboxylic acids is 1. The molecule has 0 radical (unpaired) electrons. The van der Waals surface area contributed by atoms with E-state index in [0.29, 0.717) is 50.4 Å². The lowest BCUT2D eigenvalue weighted by Crippen LogP contribution is -2.35. The topological polar surface area (TPSA) is 105 Å². The lowest BCUT2D eigenvalue weighted by molar-refractivity contribution is -0.144. The molecule has 1 heterocycles. The van der Waals surface area contributed by atoms with Gasteiger partial charge in [0, 0.05) is 25.8 Å². The Hall–Kier alpha value is -1.92. The van der Waals surface area contributed by atoms with Crippen molar-refractivity contribution in [3.8, 4) is 0 Å². The van der Waals surface area contributed by atoms with Crippen molar-refractivity contribution < 1.29 is 19.2 Å². The Morgan fingerprint density at radius 3 is 2.50 bits per heavy atom. The van der Waals surface area contributed by atoms with E-state index in [0.717, 1.165) is 0 Å².